The molecule has 2 aliphatic rings. The van der Waals surface area contributed by atoms with Crippen molar-refractivity contribution in [1.82, 2.24) is 9.88 Å². The molecule has 5 rings (SSSR count). The molecule has 33 heavy (non-hydrogen) atoms. The second-order valence-electron chi connectivity index (χ2n) is 8.10. The first-order valence-electron chi connectivity index (χ1n) is 11.3. The van der Waals surface area contributed by atoms with E-state index in [0.29, 0.717) is 12.3 Å². The van der Waals surface area contributed by atoms with Gasteiger partial charge in [-0.3, -0.25) is 9.69 Å². The van der Waals surface area contributed by atoms with Crippen molar-refractivity contribution < 1.29 is 14.3 Å². The van der Waals surface area contributed by atoms with Crippen LogP contribution in [0.5, 0.6) is 5.75 Å². The first-order valence-corrected chi connectivity index (χ1v) is 12.5. The summed E-state index contributed by atoms with van der Waals surface area (Å²) in [4.78, 5) is 22.2. The highest BCUT2D eigenvalue weighted by molar-refractivity contribution is 7.99. The van der Waals surface area contributed by atoms with Gasteiger partial charge in [0.05, 0.1) is 19.1 Å². The number of morpholine rings is 1. The van der Waals surface area contributed by atoms with E-state index in [2.05, 4.69) is 20.1 Å². The molecule has 0 bridgehead atoms. The average molecular weight is 465 g/mol. The van der Waals surface area contributed by atoms with Gasteiger partial charge in [-0.25, -0.2) is 4.98 Å². The third-order valence-corrected chi connectivity index (χ3v) is 6.91. The number of pyridine rings is 1. The maximum atomic E-state index is 13.0. The van der Waals surface area contributed by atoms with Crippen molar-refractivity contribution in [2.45, 2.75) is 0 Å². The van der Waals surface area contributed by atoms with E-state index in [-0.39, 0.29) is 5.91 Å². The van der Waals surface area contributed by atoms with Crippen molar-refractivity contribution in [3.05, 3.63) is 60.3 Å². The van der Waals surface area contributed by atoms with E-state index in [1.165, 1.54) is 0 Å². The molecule has 8 heteroatoms. The Kier molecular flexibility index (Phi) is 6.95. The van der Waals surface area contributed by atoms with Gasteiger partial charge in [-0.15, -0.1) is 11.8 Å². The fourth-order valence-electron chi connectivity index (χ4n) is 4.12. The molecule has 0 unspecified atom stereocenters. The number of nitrogens with zero attached hydrogens (tertiary/aromatic N) is 3. The number of carbonyl (C=O) groups is 1. The quantitative estimate of drug-likeness (QED) is 0.572. The van der Waals surface area contributed by atoms with Crippen LogP contribution >= 0.6 is 11.8 Å². The zero-order valence-electron chi connectivity index (χ0n) is 18.5. The largest absolute Gasteiger partial charge is 0.492 e. The molecule has 1 N–H and O–H groups in total. The van der Waals surface area contributed by atoms with Gasteiger partial charge >= 0.3 is 0 Å². The SMILES string of the molecule is O=C(Nc1ccc(OCCN2CCOCC2)c2ccccc12)c1cccc(N2CCSC2)n1. The molecule has 0 spiro atoms. The van der Waals surface area contributed by atoms with Crippen LogP contribution in [0.1, 0.15) is 10.5 Å². The van der Waals surface area contributed by atoms with Crippen molar-refractivity contribution in [3.63, 3.8) is 0 Å². The van der Waals surface area contributed by atoms with E-state index >= 15 is 0 Å². The highest BCUT2D eigenvalue weighted by Gasteiger charge is 2.17. The third kappa shape index (κ3) is 5.24. The normalized spacial score (nSPS) is 16.8. The van der Waals surface area contributed by atoms with Gasteiger partial charge in [0.25, 0.3) is 5.91 Å². The fraction of sp³-hybridized carbons (Fsp3) is 0.360. The number of anilines is 2. The Morgan fingerprint density at radius 1 is 1.03 bits per heavy atom. The Balaban J connectivity index is 1.30. The Bertz CT molecular complexity index is 1110. The van der Waals surface area contributed by atoms with Crippen LogP contribution in [0, 0.1) is 0 Å². The van der Waals surface area contributed by atoms with Gasteiger partial charge in [0.15, 0.2) is 0 Å². The molecule has 1 aromatic heterocycles. The molecule has 172 valence electrons. The number of ether oxygens (including phenoxy) is 2. The van der Waals surface area contributed by atoms with E-state index in [0.717, 1.165) is 79.0 Å². The summed E-state index contributed by atoms with van der Waals surface area (Å²) in [5.74, 6) is 3.46. The van der Waals surface area contributed by atoms with Gasteiger partial charge in [0, 0.05) is 48.4 Å². The number of thioether (sulfide) groups is 1. The maximum absolute atomic E-state index is 13.0. The van der Waals surface area contributed by atoms with E-state index in [9.17, 15) is 4.79 Å². The molecule has 1 amide bonds. The number of aromatic nitrogens is 1. The average Bonchev–Trinajstić information content (AvgIpc) is 3.41. The van der Waals surface area contributed by atoms with Gasteiger partial charge in [-0.2, -0.15) is 0 Å². The van der Waals surface area contributed by atoms with Crippen LogP contribution in [0.3, 0.4) is 0 Å². The summed E-state index contributed by atoms with van der Waals surface area (Å²) >= 11 is 1.88. The molecule has 2 aromatic carbocycles. The predicted octanol–water partition coefficient (Wildman–Crippen LogP) is 3.71. The fourth-order valence-corrected chi connectivity index (χ4v) is 5.08. The van der Waals surface area contributed by atoms with Gasteiger partial charge in [-0.05, 0) is 24.3 Å². The number of fused-ring (bicyclic) bond motifs is 1. The van der Waals surface area contributed by atoms with Crippen molar-refractivity contribution in [1.29, 1.82) is 0 Å². The highest BCUT2D eigenvalue weighted by atomic mass is 32.2. The second kappa shape index (κ2) is 10.4. The van der Waals surface area contributed by atoms with Crippen LogP contribution in [-0.4, -0.2) is 73.4 Å². The van der Waals surface area contributed by atoms with Crippen LogP contribution in [0.2, 0.25) is 0 Å². The number of benzene rings is 2. The zero-order valence-corrected chi connectivity index (χ0v) is 19.4. The van der Waals surface area contributed by atoms with Crippen LogP contribution < -0.4 is 15.0 Å². The summed E-state index contributed by atoms with van der Waals surface area (Å²) in [7, 11) is 0. The number of hydrogen-bond acceptors (Lipinski definition) is 7. The van der Waals surface area contributed by atoms with Crippen LogP contribution in [0.15, 0.2) is 54.6 Å². The molecule has 2 fully saturated rings. The number of nitrogens with one attached hydrogen (secondary N) is 1. The molecule has 0 radical (unpaired) electrons. The molecule has 7 nitrogen and oxygen atoms in total. The van der Waals surface area contributed by atoms with Crippen LogP contribution in [0.4, 0.5) is 11.5 Å². The van der Waals surface area contributed by atoms with Gasteiger partial charge in [-0.1, -0.05) is 30.3 Å². The van der Waals surface area contributed by atoms with Gasteiger partial charge < -0.3 is 19.7 Å². The minimum absolute atomic E-state index is 0.213. The smallest absolute Gasteiger partial charge is 0.274 e. The first-order chi connectivity index (χ1) is 16.3. The van der Waals surface area contributed by atoms with Crippen molar-refractivity contribution >= 4 is 39.9 Å². The van der Waals surface area contributed by atoms with E-state index in [1.807, 2.05) is 60.3 Å². The summed E-state index contributed by atoms with van der Waals surface area (Å²) in [5.41, 5.74) is 1.17. The monoisotopic (exact) mass is 464 g/mol. The van der Waals surface area contributed by atoms with E-state index in [4.69, 9.17) is 9.47 Å². The Morgan fingerprint density at radius 3 is 2.70 bits per heavy atom. The van der Waals surface area contributed by atoms with Crippen molar-refractivity contribution in [2.24, 2.45) is 0 Å². The lowest BCUT2D eigenvalue weighted by Gasteiger charge is -2.26. The minimum atomic E-state index is -0.213. The first kappa shape index (κ1) is 22.0. The summed E-state index contributed by atoms with van der Waals surface area (Å²) in [6.45, 7) is 5.90. The lowest BCUT2D eigenvalue weighted by atomic mass is 10.1. The predicted molar refractivity (Wildman–Crippen MR) is 134 cm³/mol. The lowest BCUT2D eigenvalue weighted by molar-refractivity contribution is 0.0323. The number of rotatable bonds is 7. The van der Waals surface area contributed by atoms with Crippen LogP contribution in [0.25, 0.3) is 10.8 Å². The Morgan fingerprint density at radius 2 is 1.88 bits per heavy atom. The molecular weight excluding hydrogens is 436 g/mol. The summed E-state index contributed by atoms with van der Waals surface area (Å²) in [5, 5.41) is 4.98. The Hall–Kier alpha value is -2.81. The number of carbonyl (C=O) groups excluding carboxylic acids is 1. The van der Waals surface area contributed by atoms with Crippen LogP contribution in [-0.2, 0) is 4.74 Å². The summed E-state index contributed by atoms with van der Waals surface area (Å²) in [6, 6.07) is 17.4. The molecule has 3 aromatic rings. The van der Waals surface area contributed by atoms with Crippen molar-refractivity contribution in [2.75, 3.05) is 67.8 Å². The van der Waals surface area contributed by atoms with E-state index < -0.39 is 0 Å². The molecule has 0 aliphatic carbocycles. The molecule has 2 saturated heterocycles. The maximum Gasteiger partial charge on any atom is 0.274 e. The standard InChI is InChI=1S/C25H28N4O3S/c30-25(22-6-3-7-24(26-22)29-13-17-33-18-29)27-21-8-9-23(20-5-2-1-4-19(20)21)32-16-12-28-10-14-31-15-11-28/h1-9H,10-18H2,(H,27,30). The van der Waals surface area contributed by atoms with Gasteiger partial charge in [0.1, 0.15) is 23.9 Å². The molecular formula is C25H28N4O3S. The summed E-state index contributed by atoms with van der Waals surface area (Å²) < 4.78 is 11.5. The highest BCUT2D eigenvalue weighted by Crippen LogP contribution is 2.32. The molecule has 0 saturated carbocycles. The van der Waals surface area contributed by atoms with Crippen molar-refractivity contribution in [3.8, 4) is 5.75 Å². The zero-order chi connectivity index (χ0) is 22.5. The van der Waals surface area contributed by atoms with E-state index in [1.54, 1.807) is 6.07 Å². The lowest BCUT2D eigenvalue weighted by Crippen LogP contribution is -2.38. The third-order valence-electron chi connectivity index (χ3n) is 5.94. The molecule has 3 heterocycles. The Labute approximate surface area is 198 Å². The van der Waals surface area contributed by atoms with Gasteiger partial charge in [0.2, 0.25) is 0 Å². The molecule has 2 aliphatic heterocycles. The second-order valence-corrected chi connectivity index (χ2v) is 9.17. The number of amides is 1. The molecule has 0 atom stereocenters. The number of hydrogen-bond donors (Lipinski definition) is 1. The topological polar surface area (TPSA) is 66.9 Å². The minimum Gasteiger partial charge on any atom is -0.492 e. The summed E-state index contributed by atoms with van der Waals surface area (Å²) in [6.07, 6.45) is 0.